The summed E-state index contributed by atoms with van der Waals surface area (Å²) in [4.78, 5) is 0. The Morgan fingerprint density at radius 3 is 1.60 bits per heavy atom. The van der Waals surface area contributed by atoms with E-state index in [9.17, 15) is 0 Å². The molecule has 0 aliphatic heterocycles. The highest BCUT2D eigenvalue weighted by Crippen LogP contribution is 2.45. The molecule has 4 nitrogen and oxygen atoms in total. The first-order valence-corrected chi connectivity index (χ1v) is 8.97. The predicted molar refractivity (Wildman–Crippen MR) is 68.6 cm³/mol. The van der Waals surface area contributed by atoms with Gasteiger partial charge in [0.1, 0.15) is 10.0 Å². The van der Waals surface area contributed by atoms with Crippen LogP contribution in [-0.4, -0.2) is 20.4 Å². The summed E-state index contributed by atoms with van der Waals surface area (Å²) in [5, 5.41) is 17.9. The fourth-order valence-electron chi connectivity index (χ4n) is 0.699. The molecule has 2 aromatic rings. The van der Waals surface area contributed by atoms with E-state index in [1.165, 1.54) is 0 Å². The maximum Gasteiger partial charge on any atom is 0.185 e. The van der Waals surface area contributed by atoms with Crippen molar-refractivity contribution in [2.75, 3.05) is 0 Å². The Labute approximate surface area is 106 Å². The summed E-state index contributed by atoms with van der Waals surface area (Å²) >= 11 is 3.20. The molecule has 0 aliphatic carbocycles. The van der Waals surface area contributed by atoms with Crippen LogP contribution in [0.2, 0.25) is 0 Å². The van der Waals surface area contributed by atoms with E-state index in [0.29, 0.717) is 0 Å². The van der Waals surface area contributed by atoms with Crippen LogP contribution in [0.15, 0.2) is 8.68 Å². The van der Waals surface area contributed by atoms with Gasteiger partial charge in [-0.05, 0) is 45.3 Å². The Morgan fingerprint density at radius 2 is 1.27 bits per heavy atom. The van der Waals surface area contributed by atoms with E-state index in [4.69, 9.17) is 0 Å². The highest BCUT2D eigenvalue weighted by atomic mass is 33.5. The van der Waals surface area contributed by atoms with Gasteiger partial charge in [0.2, 0.25) is 0 Å². The second kappa shape index (κ2) is 5.48. The van der Waals surface area contributed by atoms with Crippen LogP contribution in [0.1, 0.15) is 10.0 Å². The van der Waals surface area contributed by atoms with Gasteiger partial charge < -0.3 is 0 Å². The lowest BCUT2D eigenvalue weighted by Gasteiger charge is -1.90. The van der Waals surface area contributed by atoms with Crippen LogP contribution < -0.4 is 0 Å². The number of rotatable bonds is 4. The third-order valence-corrected chi connectivity index (χ3v) is 7.29. The molecule has 0 N–H and O–H groups in total. The first-order valence-electron chi connectivity index (χ1n) is 3.85. The average Bonchev–Trinajstić information content (AvgIpc) is 2.76. The Kier molecular flexibility index (Phi) is 4.26. The molecule has 80 valence electrons. The number of nitrogens with zero attached hydrogens (tertiary/aromatic N) is 4. The monoisotopic (exact) mass is 294 g/mol. The molecule has 0 saturated carbocycles. The smallest absolute Gasteiger partial charge is 0.143 e. The zero-order valence-electron chi connectivity index (χ0n) is 7.83. The van der Waals surface area contributed by atoms with E-state index in [0.717, 1.165) is 18.7 Å². The number of aromatic nitrogens is 4. The molecule has 0 aliphatic rings. The maximum atomic E-state index is 4.02. The topological polar surface area (TPSA) is 51.6 Å². The highest BCUT2D eigenvalue weighted by molar-refractivity contribution is 9.09. The number of hydrogen-bond acceptors (Lipinski definition) is 9. The predicted octanol–water partition coefficient (Wildman–Crippen LogP) is 3.45. The first-order chi connectivity index (χ1) is 7.24. The summed E-state index contributed by atoms with van der Waals surface area (Å²) in [6, 6.07) is 0. The lowest BCUT2D eigenvalue weighted by molar-refractivity contribution is 0.986. The Bertz CT molecular complexity index is 398. The molecule has 2 aromatic heterocycles. The van der Waals surface area contributed by atoms with Gasteiger partial charge in [-0.15, -0.1) is 20.4 Å². The molecule has 0 bridgehead atoms. The van der Waals surface area contributed by atoms with E-state index in [1.54, 1.807) is 54.1 Å². The van der Waals surface area contributed by atoms with Gasteiger partial charge in [0.05, 0.1) is 0 Å². The normalized spacial score (nSPS) is 10.8. The quantitative estimate of drug-likeness (QED) is 0.800. The molecule has 2 rings (SSSR count). The zero-order chi connectivity index (χ0) is 10.7. The largest absolute Gasteiger partial charge is 0.185 e. The summed E-state index contributed by atoms with van der Waals surface area (Å²) < 4.78 is 1.96. The van der Waals surface area contributed by atoms with E-state index < -0.39 is 0 Å². The molecule has 0 spiro atoms. The molecule has 0 amide bonds. The van der Waals surface area contributed by atoms with Gasteiger partial charge in [0.25, 0.3) is 0 Å². The van der Waals surface area contributed by atoms with Gasteiger partial charge in [-0.1, -0.05) is 22.7 Å². The fourth-order valence-corrected chi connectivity index (χ4v) is 6.94. The summed E-state index contributed by atoms with van der Waals surface area (Å²) in [6.45, 7) is 3.90. The minimum atomic E-state index is 0.978. The van der Waals surface area contributed by atoms with Crippen molar-refractivity contribution in [3.8, 4) is 0 Å². The standard InChI is InChI=1S/C6H6N4S5/c1-3-7-9-5(11-3)13-15-14-6-10-8-4(2)12-6/h1-2H3. The van der Waals surface area contributed by atoms with Gasteiger partial charge >= 0.3 is 0 Å². The van der Waals surface area contributed by atoms with Crippen LogP contribution in [0.3, 0.4) is 0 Å². The Balaban J connectivity index is 1.80. The molecule has 0 aromatic carbocycles. The molecule has 9 heteroatoms. The lowest BCUT2D eigenvalue weighted by atomic mass is 10.9. The van der Waals surface area contributed by atoms with Gasteiger partial charge in [-0.25, -0.2) is 0 Å². The van der Waals surface area contributed by atoms with Gasteiger partial charge in [0.15, 0.2) is 8.68 Å². The molecule has 2 heterocycles. The van der Waals surface area contributed by atoms with E-state index in [2.05, 4.69) is 20.4 Å². The van der Waals surface area contributed by atoms with E-state index >= 15 is 0 Å². The molecule has 0 unspecified atom stereocenters. The van der Waals surface area contributed by atoms with E-state index in [1.807, 2.05) is 13.8 Å². The summed E-state index contributed by atoms with van der Waals surface area (Å²) in [6.07, 6.45) is 0. The van der Waals surface area contributed by atoms with Gasteiger partial charge in [-0.3, -0.25) is 0 Å². The minimum absolute atomic E-state index is 0.978. The summed E-state index contributed by atoms with van der Waals surface area (Å²) in [7, 11) is 4.85. The second-order valence-corrected chi connectivity index (χ2v) is 9.16. The lowest BCUT2D eigenvalue weighted by Crippen LogP contribution is -1.68. The van der Waals surface area contributed by atoms with Crippen LogP contribution in [0.25, 0.3) is 0 Å². The third-order valence-electron chi connectivity index (χ3n) is 1.23. The number of hydrogen-bond donors (Lipinski definition) is 0. The molecule has 0 atom stereocenters. The van der Waals surface area contributed by atoms with Crippen molar-refractivity contribution in [2.45, 2.75) is 22.5 Å². The average molecular weight is 294 g/mol. The first kappa shape index (κ1) is 11.6. The number of aryl methyl sites for hydroxylation is 2. The fraction of sp³-hybridized carbons (Fsp3) is 0.333. The minimum Gasteiger partial charge on any atom is -0.143 e. The molecular formula is C6H6N4S5. The molecule has 0 fully saturated rings. The van der Waals surface area contributed by atoms with Crippen LogP contribution in [-0.2, 0) is 0 Å². The van der Waals surface area contributed by atoms with Crippen molar-refractivity contribution in [3.63, 3.8) is 0 Å². The summed E-state index contributed by atoms with van der Waals surface area (Å²) in [5.74, 6) is 0. The SMILES string of the molecule is Cc1nnc(SSSc2nnc(C)s2)s1. The van der Waals surface area contributed by atoms with Crippen LogP contribution in [0.5, 0.6) is 0 Å². The molecule has 0 saturated heterocycles. The van der Waals surface area contributed by atoms with Gasteiger partial charge in [-0.2, -0.15) is 0 Å². The molecule has 0 radical (unpaired) electrons. The van der Waals surface area contributed by atoms with Crippen LogP contribution >= 0.6 is 54.1 Å². The highest BCUT2D eigenvalue weighted by Gasteiger charge is 2.05. The van der Waals surface area contributed by atoms with Crippen LogP contribution in [0.4, 0.5) is 0 Å². The molecule has 15 heavy (non-hydrogen) atoms. The van der Waals surface area contributed by atoms with Crippen molar-refractivity contribution >= 4 is 54.1 Å². The van der Waals surface area contributed by atoms with Crippen molar-refractivity contribution in [2.24, 2.45) is 0 Å². The van der Waals surface area contributed by atoms with Crippen LogP contribution in [0, 0.1) is 13.8 Å². The third kappa shape index (κ3) is 3.59. The van der Waals surface area contributed by atoms with Crippen molar-refractivity contribution in [1.29, 1.82) is 0 Å². The van der Waals surface area contributed by atoms with Gasteiger partial charge in [0, 0.05) is 0 Å². The van der Waals surface area contributed by atoms with Crippen molar-refractivity contribution in [1.82, 2.24) is 20.4 Å². The zero-order valence-corrected chi connectivity index (χ0v) is 11.9. The Morgan fingerprint density at radius 1 is 0.800 bits per heavy atom. The Hall–Kier alpha value is 0.170. The van der Waals surface area contributed by atoms with Crippen molar-refractivity contribution in [3.05, 3.63) is 10.0 Å². The van der Waals surface area contributed by atoms with E-state index in [-0.39, 0.29) is 0 Å². The molecular weight excluding hydrogens is 288 g/mol. The summed E-state index contributed by atoms with van der Waals surface area (Å²) in [5.41, 5.74) is 0. The maximum absolute atomic E-state index is 4.02. The van der Waals surface area contributed by atoms with Crippen molar-refractivity contribution < 1.29 is 0 Å². The second-order valence-electron chi connectivity index (χ2n) is 2.41.